The highest BCUT2D eigenvalue weighted by molar-refractivity contribution is 5.43. The topological polar surface area (TPSA) is 68.3 Å². The van der Waals surface area contributed by atoms with E-state index >= 15 is 0 Å². The van der Waals surface area contributed by atoms with Crippen molar-refractivity contribution in [1.82, 2.24) is 0 Å². The van der Waals surface area contributed by atoms with Gasteiger partial charge in [-0.2, -0.15) is 5.26 Å². The van der Waals surface area contributed by atoms with Crippen LogP contribution in [0.25, 0.3) is 0 Å². The summed E-state index contributed by atoms with van der Waals surface area (Å²) in [6.07, 6.45) is 1.47. The second-order valence-corrected chi connectivity index (χ2v) is 5.76. The third-order valence-corrected chi connectivity index (χ3v) is 3.07. The first-order valence-corrected chi connectivity index (χ1v) is 6.84. The Bertz CT molecular complexity index is 476. The van der Waals surface area contributed by atoms with Gasteiger partial charge in [0.15, 0.2) is 11.5 Å². The summed E-state index contributed by atoms with van der Waals surface area (Å²) in [6.45, 7) is 6.26. The van der Waals surface area contributed by atoms with Crippen LogP contribution in [0.15, 0.2) is 18.2 Å². The molecule has 0 radical (unpaired) electrons. The molecule has 110 valence electrons. The van der Waals surface area contributed by atoms with E-state index in [0.29, 0.717) is 24.5 Å². The predicted molar refractivity (Wildman–Crippen MR) is 79.9 cm³/mol. The number of nitrogens with zero attached hydrogens (tertiary/aromatic N) is 1. The van der Waals surface area contributed by atoms with E-state index in [1.165, 1.54) is 0 Å². The van der Waals surface area contributed by atoms with Crippen LogP contribution in [0.2, 0.25) is 0 Å². The van der Waals surface area contributed by atoms with Crippen molar-refractivity contribution >= 4 is 0 Å². The molecule has 0 heterocycles. The summed E-state index contributed by atoms with van der Waals surface area (Å²) < 4.78 is 11.1. The van der Waals surface area contributed by atoms with E-state index in [4.69, 9.17) is 20.5 Å². The van der Waals surface area contributed by atoms with Crippen LogP contribution in [0.4, 0.5) is 0 Å². The zero-order valence-corrected chi connectivity index (χ0v) is 12.8. The molecule has 0 spiro atoms. The maximum Gasteiger partial charge on any atom is 0.161 e. The molecule has 1 aromatic rings. The molecule has 0 bridgehead atoms. The van der Waals surface area contributed by atoms with Gasteiger partial charge in [0.1, 0.15) is 0 Å². The van der Waals surface area contributed by atoms with E-state index in [2.05, 4.69) is 6.07 Å². The van der Waals surface area contributed by atoms with E-state index in [1.54, 1.807) is 7.11 Å². The number of rotatable bonds is 7. The molecule has 0 saturated heterocycles. The van der Waals surface area contributed by atoms with Crippen LogP contribution >= 0.6 is 0 Å². The number of benzene rings is 1. The number of nitriles is 1. The van der Waals surface area contributed by atoms with Gasteiger partial charge in [-0.25, -0.2) is 0 Å². The minimum atomic E-state index is -0.378. The second-order valence-electron chi connectivity index (χ2n) is 5.76. The van der Waals surface area contributed by atoms with Gasteiger partial charge < -0.3 is 15.2 Å². The molecule has 1 rings (SSSR count). The third-order valence-electron chi connectivity index (χ3n) is 3.07. The van der Waals surface area contributed by atoms with Crippen LogP contribution < -0.4 is 15.2 Å². The molecular weight excluding hydrogens is 252 g/mol. The molecule has 0 saturated carbocycles. The minimum absolute atomic E-state index is 0.105. The standard InChI is InChI=1S/C16H24N2O2/c1-12(18)9-13-5-6-14(19-4)15(10-13)20-8-7-16(2,3)11-17/h5-6,10,12H,7-9,18H2,1-4H3. The zero-order chi connectivity index (χ0) is 15.2. The quantitative estimate of drug-likeness (QED) is 0.831. The van der Waals surface area contributed by atoms with Gasteiger partial charge >= 0.3 is 0 Å². The Morgan fingerprint density at radius 2 is 2.05 bits per heavy atom. The highest BCUT2D eigenvalue weighted by Gasteiger charge is 2.17. The molecule has 0 amide bonds. The van der Waals surface area contributed by atoms with Gasteiger partial charge in [0.05, 0.1) is 25.2 Å². The Morgan fingerprint density at radius 3 is 2.60 bits per heavy atom. The molecule has 2 N–H and O–H groups in total. The molecule has 1 atom stereocenters. The van der Waals surface area contributed by atoms with Gasteiger partial charge in [-0.1, -0.05) is 6.07 Å². The van der Waals surface area contributed by atoms with E-state index in [9.17, 15) is 0 Å². The summed E-state index contributed by atoms with van der Waals surface area (Å²) in [7, 11) is 1.62. The van der Waals surface area contributed by atoms with Crippen LogP contribution in [0, 0.1) is 16.7 Å². The van der Waals surface area contributed by atoms with Gasteiger partial charge in [-0.3, -0.25) is 0 Å². The summed E-state index contributed by atoms with van der Waals surface area (Å²) in [5, 5.41) is 8.99. The monoisotopic (exact) mass is 276 g/mol. The van der Waals surface area contributed by atoms with Crippen LogP contribution in [-0.2, 0) is 6.42 Å². The van der Waals surface area contributed by atoms with Crippen molar-refractivity contribution in [2.75, 3.05) is 13.7 Å². The van der Waals surface area contributed by atoms with Gasteiger partial charge in [0.2, 0.25) is 0 Å². The zero-order valence-electron chi connectivity index (χ0n) is 12.8. The third kappa shape index (κ3) is 5.10. The van der Waals surface area contributed by atoms with Crippen LogP contribution in [0.3, 0.4) is 0 Å². The van der Waals surface area contributed by atoms with Gasteiger partial charge in [0.25, 0.3) is 0 Å². The number of nitrogens with two attached hydrogens (primary N) is 1. The molecular formula is C16H24N2O2. The lowest BCUT2D eigenvalue weighted by Gasteiger charge is -2.17. The Morgan fingerprint density at radius 1 is 1.35 bits per heavy atom. The molecule has 1 unspecified atom stereocenters. The molecule has 4 heteroatoms. The van der Waals surface area contributed by atoms with E-state index in [1.807, 2.05) is 39.0 Å². The summed E-state index contributed by atoms with van der Waals surface area (Å²) in [6, 6.07) is 8.22. The van der Waals surface area contributed by atoms with Crippen molar-refractivity contribution < 1.29 is 9.47 Å². The van der Waals surface area contributed by atoms with Crippen molar-refractivity contribution in [3.8, 4) is 17.6 Å². The normalized spacial score (nSPS) is 12.6. The molecule has 0 aromatic heterocycles. The smallest absolute Gasteiger partial charge is 0.161 e. The van der Waals surface area contributed by atoms with E-state index < -0.39 is 0 Å². The largest absolute Gasteiger partial charge is 0.493 e. The molecule has 0 aliphatic carbocycles. The second kappa shape index (κ2) is 7.16. The van der Waals surface area contributed by atoms with Crippen LogP contribution in [-0.4, -0.2) is 19.8 Å². The van der Waals surface area contributed by atoms with Gasteiger partial charge in [-0.15, -0.1) is 0 Å². The van der Waals surface area contributed by atoms with Crippen molar-refractivity contribution in [3.05, 3.63) is 23.8 Å². The molecule has 0 aliphatic rings. The average Bonchev–Trinajstić information content (AvgIpc) is 2.38. The van der Waals surface area contributed by atoms with Crippen molar-refractivity contribution in [3.63, 3.8) is 0 Å². The fourth-order valence-electron chi connectivity index (χ4n) is 1.80. The van der Waals surface area contributed by atoms with Crippen LogP contribution in [0.1, 0.15) is 32.8 Å². The fraction of sp³-hybridized carbons (Fsp3) is 0.562. The maximum absolute atomic E-state index is 8.99. The molecule has 0 fully saturated rings. The highest BCUT2D eigenvalue weighted by Crippen LogP contribution is 2.29. The lowest BCUT2D eigenvalue weighted by Crippen LogP contribution is -2.18. The summed E-state index contributed by atoms with van der Waals surface area (Å²) in [5.41, 5.74) is 6.55. The Kier molecular flexibility index (Phi) is 5.84. The lowest BCUT2D eigenvalue weighted by atomic mass is 9.92. The lowest BCUT2D eigenvalue weighted by molar-refractivity contribution is 0.252. The van der Waals surface area contributed by atoms with Crippen molar-refractivity contribution in [2.24, 2.45) is 11.1 Å². The molecule has 1 aromatic carbocycles. The van der Waals surface area contributed by atoms with E-state index in [0.717, 1.165) is 12.0 Å². The first-order chi connectivity index (χ1) is 9.38. The van der Waals surface area contributed by atoms with Gasteiger partial charge in [-0.05, 0) is 51.3 Å². The summed E-state index contributed by atoms with van der Waals surface area (Å²) >= 11 is 0. The Hall–Kier alpha value is -1.73. The van der Waals surface area contributed by atoms with Crippen LogP contribution in [0.5, 0.6) is 11.5 Å². The molecule has 20 heavy (non-hydrogen) atoms. The molecule has 4 nitrogen and oxygen atoms in total. The SMILES string of the molecule is COc1ccc(CC(C)N)cc1OCCC(C)(C)C#N. The maximum atomic E-state index is 8.99. The summed E-state index contributed by atoms with van der Waals surface area (Å²) in [5.74, 6) is 1.41. The number of ether oxygens (including phenoxy) is 2. The van der Waals surface area contributed by atoms with Gasteiger partial charge in [0, 0.05) is 6.04 Å². The first kappa shape index (κ1) is 16.3. The minimum Gasteiger partial charge on any atom is -0.493 e. The number of hydrogen-bond donors (Lipinski definition) is 1. The predicted octanol–water partition coefficient (Wildman–Crippen LogP) is 2.90. The van der Waals surface area contributed by atoms with Crippen molar-refractivity contribution in [1.29, 1.82) is 5.26 Å². The van der Waals surface area contributed by atoms with Crippen molar-refractivity contribution in [2.45, 2.75) is 39.7 Å². The number of methoxy groups -OCH3 is 1. The summed E-state index contributed by atoms with van der Waals surface area (Å²) in [4.78, 5) is 0. The number of hydrogen-bond acceptors (Lipinski definition) is 4. The fourth-order valence-corrected chi connectivity index (χ4v) is 1.80. The average molecular weight is 276 g/mol. The Labute approximate surface area is 121 Å². The van der Waals surface area contributed by atoms with E-state index in [-0.39, 0.29) is 11.5 Å². The highest BCUT2D eigenvalue weighted by atomic mass is 16.5. The first-order valence-electron chi connectivity index (χ1n) is 6.84. The molecule has 0 aliphatic heterocycles. The Balaban J connectivity index is 2.74.